The molecule has 1 fully saturated rings. The first-order chi connectivity index (χ1) is 6.36. The number of ether oxygens (including phenoxy) is 2. The van der Waals surface area contributed by atoms with Crippen LogP contribution in [0, 0.1) is 0 Å². The van der Waals surface area contributed by atoms with Gasteiger partial charge in [0.2, 0.25) is 0 Å². The maximum atomic E-state index is 5.46. The van der Waals surface area contributed by atoms with Crippen LogP contribution < -0.4 is 5.32 Å². The summed E-state index contributed by atoms with van der Waals surface area (Å²) in [4.78, 5) is 0. The summed E-state index contributed by atoms with van der Waals surface area (Å²) in [6.45, 7) is 7.53. The highest BCUT2D eigenvalue weighted by molar-refractivity contribution is 4.85. The quantitative estimate of drug-likeness (QED) is 0.607. The van der Waals surface area contributed by atoms with Crippen LogP contribution in [0.3, 0.4) is 0 Å². The van der Waals surface area contributed by atoms with Crippen molar-refractivity contribution in [2.24, 2.45) is 0 Å². The standard InChI is InChI=1S/C10H21NO2/c1-3-12-6-5-11-9-7-10(8-9)13-4-2/h9-11H,3-8H2,1-2H3. The first-order valence-electron chi connectivity index (χ1n) is 5.29. The van der Waals surface area contributed by atoms with Gasteiger partial charge in [0.25, 0.3) is 0 Å². The lowest BCUT2D eigenvalue weighted by atomic mass is 9.89. The highest BCUT2D eigenvalue weighted by Gasteiger charge is 2.28. The second-order valence-electron chi connectivity index (χ2n) is 3.40. The van der Waals surface area contributed by atoms with Gasteiger partial charge in [0, 0.05) is 25.8 Å². The van der Waals surface area contributed by atoms with Crippen LogP contribution in [0.15, 0.2) is 0 Å². The van der Waals surface area contributed by atoms with Crippen LogP contribution in [0.25, 0.3) is 0 Å². The maximum absolute atomic E-state index is 5.46. The van der Waals surface area contributed by atoms with Crippen LogP contribution in [0.5, 0.6) is 0 Å². The highest BCUT2D eigenvalue weighted by atomic mass is 16.5. The minimum atomic E-state index is 0.509. The van der Waals surface area contributed by atoms with E-state index in [1.54, 1.807) is 0 Å². The van der Waals surface area contributed by atoms with E-state index in [2.05, 4.69) is 12.2 Å². The van der Waals surface area contributed by atoms with Crippen molar-refractivity contribution in [3.05, 3.63) is 0 Å². The van der Waals surface area contributed by atoms with Crippen molar-refractivity contribution in [1.82, 2.24) is 5.32 Å². The Balaban J connectivity index is 1.84. The molecule has 0 atom stereocenters. The molecular weight excluding hydrogens is 166 g/mol. The van der Waals surface area contributed by atoms with Crippen LogP contribution in [0.4, 0.5) is 0 Å². The van der Waals surface area contributed by atoms with E-state index in [1.807, 2.05) is 6.92 Å². The van der Waals surface area contributed by atoms with Crippen LogP contribution >= 0.6 is 0 Å². The van der Waals surface area contributed by atoms with Gasteiger partial charge in [-0.05, 0) is 26.7 Å². The zero-order valence-corrected chi connectivity index (χ0v) is 8.71. The summed E-state index contributed by atoms with van der Waals surface area (Å²) in [6, 6.07) is 0.664. The zero-order chi connectivity index (χ0) is 9.52. The van der Waals surface area contributed by atoms with Gasteiger partial charge in [0.1, 0.15) is 0 Å². The molecule has 3 heteroatoms. The van der Waals surface area contributed by atoms with Gasteiger partial charge in [-0.3, -0.25) is 0 Å². The van der Waals surface area contributed by atoms with Gasteiger partial charge in [0.05, 0.1) is 12.7 Å². The molecule has 0 aliphatic heterocycles. The topological polar surface area (TPSA) is 30.5 Å². The Morgan fingerprint density at radius 3 is 2.62 bits per heavy atom. The van der Waals surface area contributed by atoms with E-state index in [4.69, 9.17) is 9.47 Å². The van der Waals surface area contributed by atoms with Crippen molar-refractivity contribution in [1.29, 1.82) is 0 Å². The Hall–Kier alpha value is -0.120. The van der Waals surface area contributed by atoms with Crippen LogP contribution in [-0.4, -0.2) is 38.5 Å². The fraction of sp³-hybridized carbons (Fsp3) is 1.00. The molecule has 1 rings (SSSR count). The summed E-state index contributed by atoms with van der Waals surface area (Å²) in [6.07, 6.45) is 2.84. The predicted octanol–water partition coefficient (Wildman–Crippen LogP) is 1.18. The summed E-state index contributed by atoms with van der Waals surface area (Å²) >= 11 is 0. The number of hydrogen-bond acceptors (Lipinski definition) is 3. The number of nitrogens with one attached hydrogen (secondary N) is 1. The fourth-order valence-corrected chi connectivity index (χ4v) is 1.58. The van der Waals surface area contributed by atoms with Gasteiger partial charge in [0.15, 0.2) is 0 Å². The summed E-state index contributed by atoms with van der Waals surface area (Å²) in [5.41, 5.74) is 0. The largest absolute Gasteiger partial charge is 0.380 e. The van der Waals surface area contributed by atoms with Gasteiger partial charge in [-0.15, -0.1) is 0 Å². The number of hydrogen-bond donors (Lipinski definition) is 1. The molecule has 3 nitrogen and oxygen atoms in total. The first-order valence-corrected chi connectivity index (χ1v) is 5.29. The minimum Gasteiger partial charge on any atom is -0.380 e. The fourth-order valence-electron chi connectivity index (χ4n) is 1.58. The van der Waals surface area contributed by atoms with Crippen molar-refractivity contribution in [2.45, 2.75) is 38.8 Å². The Kier molecular flexibility index (Phi) is 5.35. The van der Waals surface area contributed by atoms with Gasteiger partial charge >= 0.3 is 0 Å². The van der Waals surface area contributed by atoms with E-state index in [0.29, 0.717) is 12.1 Å². The average molecular weight is 187 g/mol. The molecule has 0 aromatic carbocycles. The minimum absolute atomic E-state index is 0.509. The van der Waals surface area contributed by atoms with Crippen LogP contribution in [0.2, 0.25) is 0 Å². The van der Waals surface area contributed by atoms with E-state index in [1.165, 1.54) is 12.8 Å². The molecule has 0 radical (unpaired) electrons. The van der Waals surface area contributed by atoms with E-state index in [9.17, 15) is 0 Å². The normalized spacial score (nSPS) is 27.2. The van der Waals surface area contributed by atoms with E-state index in [0.717, 1.165) is 26.4 Å². The third-order valence-electron chi connectivity index (χ3n) is 2.38. The third-order valence-corrected chi connectivity index (χ3v) is 2.38. The zero-order valence-electron chi connectivity index (χ0n) is 8.71. The lowest BCUT2D eigenvalue weighted by molar-refractivity contribution is -0.0113. The summed E-state index contributed by atoms with van der Waals surface area (Å²) in [7, 11) is 0. The Labute approximate surface area is 80.8 Å². The number of rotatable bonds is 7. The SMILES string of the molecule is CCOCCNC1CC(OCC)C1. The van der Waals surface area contributed by atoms with Crippen molar-refractivity contribution in [2.75, 3.05) is 26.4 Å². The summed E-state index contributed by atoms with van der Waals surface area (Å²) in [5, 5.41) is 3.44. The molecule has 0 aromatic rings. The molecule has 13 heavy (non-hydrogen) atoms. The molecule has 0 amide bonds. The first kappa shape index (κ1) is 11.0. The van der Waals surface area contributed by atoms with Crippen molar-refractivity contribution in [3.8, 4) is 0 Å². The molecule has 0 aromatic heterocycles. The Morgan fingerprint density at radius 2 is 2.00 bits per heavy atom. The molecule has 0 heterocycles. The molecule has 1 aliphatic carbocycles. The molecule has 1 aliphatic rings. The molecule has 0 saturated heterocycles. The van der Waals surface area contributed by atoms with Gasteiger partial charge in [-0.1, -0.05) is 0 Å². The summed E-state index contributed by atoms with van der Waals surface area (Å²) < 4.78 is 10.7. The lowest BCUT2D eigenvalue weighted by Crippen LogP contribution is -2.46. The monoisotopic (exact) mass is 187 g/mol. The van der Waals surface area contributed by atoms with Gasteiger partial charge in [-0.2, -0.15) is 0 Å². The molecule has 0 spiro atoms. The second kappa shape index (κ2) is 6.35. The van der Waals surface area contributed by atoms with Crippen molar-refractivity contribution >= 4 is 0 Å². The van der Waals surface area contributed by atoms with Crippen molar-refractivity contribution < 1.29 is 9.47 Å². The van der Waals surface area contributed by atoms with Crippen LogP contribution in [-0.2, 0) is 9.47 Å². The molecule has 78 valence electrons. The van der Waals surface area contributed by atoms with Gasteiger partial charge < -0.3 is 14.8 Å². The van der Waals surface area contributed by atoms with E-state index in [-0.39, 0.29) is 0 Å². The van der Waals surface area contributed by atoms with Crippen molar-refractivity contribution in [3.63, 3.8) is 0 Å². The molecule has 1 saturated carbocycles. The molecular formula is C10H21NO2. The van der Waals surface area contributed by atoms with E-state index >= 15 is 0 Å². The smallest absolute Gasteiger partial charge is 0.0604 e. The molecule has 0 bridgehead atoms. The summed E-state index contributed by atoms with van der Waals surface area (Å²) in [5.74, 6) is 0. The highest BCUT2D eigenvalue weighted by Crippen LogP contribution is 2.22. The average Bonchev–Trinajstić information content (AvgIpc) is 2.07. The van der Waals surface area contributed by atoms with Gasteiger partial charge in [-0.25, -0.2) is 0 Å². The predicted molar refractivity (Wildman–Crippen MR) is 52.9 cm³/mol. The molecule has 1 N–H and O–H groups in total. The maximum Gasteiger partial charge on any atom is 0.0604 e. The van der Waals surface area contributed by atoms with Crippen LogP contribution in [0.1, 0.15) is 26.7 Å². The second-order valence-corrected chi connectivity index (χ2v) is 3.40. The molecule has 0 unspecified atom stereocenters. The van der Waals surface area contributed by atoms with E-state index < -0.39 is 0 Å². The lowest BCUT2D eigenvalue weighted by Gasteiger charge is -2.35. The third kappa shape index (κ3) is 4.07. The Bertz CT molecular complexity index is 124. The Morgan fingerprint density at radius 1 is 1.23 bits per heavy atom.